The molecule has 1 aromatic rings. The van der Waals surface area contributed by atoms with Crippen molar-refractivity contribution in [1.82, 2.24) is 4.31 Å². The molecular formula is C17H25NO2S. The van der Waals surface area contributed by atoms with E-state index in [4.69, 9.17) is 0 Å². The topological polar surface area (TPSA) is 37.4 Å². The average Bonchev–Trinajstić information content (AvgIpc) is 2.47. The van der Waals surface area contributed by atoms with Gasteiger partial charge in [0.05, 0.1) is 4.90 Å². The lowest BCUT2D eigenvalue weighted by Gasteiger charge is -2.46. The molecule has 0 aromatic heterocycles. The summed E-state index contributed by atoms with van der Waals surface area (Å²) < 4.78 is 28.0. The standard InChI is InChI=1S/C17H25NO2S/c1-13-7-11-16(12-8-13)21(19,20)18-14(2)9-10-15-5-3-4-6-17(15)18/h7-8,11-12,14-15,17H,3-6,9-10H2,1-2H3/t14-,15-,17+/m1/s1. The second kappa shape index (κ2) is 5.73. The first kappa shape index (κ1) is 15.0. The highest BCUT2D eigenvalue weighted by atomic mass is 32.2. The van der Waals surface area contributed by atoms with Crippen LogP contribution in [0.15, 0.2) is 29.2 Å². The Bertz CT molecular complexity index is 594. The predicted octanol–water partition coefficient (Wildman–Crippen LogP) is 3.73. The van der Waals surface area contributed by atoms with E-state index in [9.17, 15) is 8.42 Å². The van der Waals surface area contributed by atoms with E-state index in [1.807, 2.05) is 23.4 Å². The Morgan fingerprint density at radius 3 is 2.38 bits per heavy atom. The quantitative estimate of drug-likeness (QED) is 0.835. The van der Waals surface area contributed by atoms with Crippen molar-refractivity contribution in [3.63, 3.8) is 0 Å². The molecule has 0 spiro atoms. The minimum Gasteiger partial charge on any atom is -0.207 e. The zero-order chi connectivity index (χ0) is 15.0. The van der Waals surface area contributed by atoms with E-state index in [1.165, 1.54) is 19.3 Å². The molecule has 4 heteroatoms. The predicted molar refractivity (Wildman–Crippen MR) is 84.6 cm³/mol. The molecule has 0 radical (unpaired) electrons. The van der Waals surface area contributed by atoms with Crippen LogP contribution in [0.1, 0.15) is 51.0 Å². The van der Waals surface area contributed by atoms with Crippen molar-refractivity contribution in [2.24, 2.45) is 5.92 Å². The summed E-state index contributed by atoms with van der Waals surface area (Å²) in [5.74, 6) is 0.565. The second-order valence-electron chi connectivity index (χ2n) is 6.69. The molecule has 2 fully saturated rings. The third-order valence-corrected chi connectivity index (χ3v) is 7.24. The minimum absolute atomic E-state index is 0.121. The summed E-state index contributed by atoms with van der Waals surface area (Å²) in [6.07, 6.45) is 6.82. The van der Waals surface area contributed by atoms with Crippen LogP contribution in [0.4, 0.5) is 0 Å². The highest BCUT2D eigenvalue weighted by Crippen LogP contribution is 2.40. The number of benzene rings is 1. The van der Waals surface area contributed by atoms with Gasteiger partial charge in [0.1, 0.15) is 0 Å². The molecule has 0 N–H and O–H groups in total. The molecule has 1 aliphatic carbocycles. The molecule has 2 aliphatic rings. The van der Waals surface area contributed by atoms with Crippen molar-refractivity contribution in [3.8, 4) is 0 Å². The van der Waals surface area contributed by atoms with Crippen LogP contribution >= 0.6 is 0 Å². The number of fused-ring (bicyclic) bond motifs is 1. The van der Waals surface area contributed by atoms with Crippen LogP contribution < -0.4 is 0 Å². The maximum Gasteiger partial charge on any atom is 0.243 e. The SMILES string of the molecule is Cc1ccc(S(=O)(=O)N2[C@H](C)CC[C@H]3CCCC[C@@H]32)cc1. The molecule has 1 heterocycles. The highest BCUT2D eigenvalue weighted by Gasteiger charge is 2.43. The Morgan fingerprint density at radius 2 is 1.67 bits per heavy atom. The summed E-state index contributed by atoms with van der Waals surface area (Å²) in [5.41, 5.74) is 1.09. The molecule has 1 aromatic carbocycles. The Labute approximate surface area is 128 Å². The fraction of sp³-hybridized carbons (Fsp3) is 0.647. The molecule has 0 unspecified atom stereocenters. The molecular weight excluding hydrogens is 282 g/mol. The zero-order valence-corrected chi connectivity index (χ0v) is 13.8. The Hall–Kier alpha value is -0.870. The van der Waals surface area contributed by atoms with Gasteiger partial charge in [-0.25, -0.2) is 8.42 Å². The average molecular weight is 307 g/mol. The lowest BCUT2D eigenvalue weighted by atomic mass is 9.78. The largest absolute Gasteiger partial charge is 0.243 e. The van der Waals surface area contributed by atoms with E-state index in [0.29, 0.717) is 10.8 Å². The molecule has 116 valence electrons. The highest BCUT2D eigenvalue weighted by molar-refractivity contribution is 7.89. The van der Waals surface area contributed by atoms with Crippen molar-refractivity contribution >= 4 is 10.0 Å². The van der Waals surface area contributed by atoms with Crippen LogP contribution in [0.3, 0.4) is 0 Å². The first-order chi connectivity index (χ1) is 10.00. The molecule has 3 atom stereocenters. The number of piperidine rings is 1. The molecule has 1 aliphatic heterocycles. The lowest BCUT2D eigenvalue weighted by Crippen LogP contribution is -2.53. The second-order valence-corrected chi connectivity index (χ2v) is 8.53. The van der Waals surface area contributed by atoms with Gasteiger partial charge in [0.25, 0.3) is 0 Å². The van der Waals surface area contributed by atoms with Crippen LogP contribution in [-0.4, -0.2) is 24.8 Å². The van der Waals surface area contributed by atoms with Gasteiger partial charge >= 0.3 is 0 Å². The van der Waals surface area contributed by atoms with Crippen LogP contribution in [0.2, 0.25) is 0 Å². The summed E-state index contributed by atoms with van der Waals surface area (Å²) in [6, 6.07) is 7.62. The number of sulfonamides is 1. The molecule has 1 saturated heterocycles. The van der Waals surface area contributed by atoms with E-state index in [-0.39, 0.29) is 12.1 Å². The smallest absolute Gasteiger partial charge is 0.207 e. The van der Waals surface area contributed by atoms with Gasteiger partial charge in [-0.2, -0.15) is 4.31 Å². The molecule has 1 saturated carbocycles. The van der Waals surface area contributed by atoms with Crippen LogP contribution in [0.5, 0.6) is 0 Å². The van der Waals surface area contributed by atoms with E-state index >= 15 is 0 Å². The van der Waals surface area contributed by atoms with E-state index in [1.54, 1.807) is 12.1 Å². The van der Waals surface area contributed by atoms with Crippen molar-refractivity contribution in [2.75, 3.05) is 0 Å². The Morgan fingerprint density at radius 1 is 1.00 bits per heavy atom. The third-order valence-electron chi connectivity index (χ3n) is 5.18. The number of hydrogen-bond acceptors (Lipinski definition) is 2. The van der Waals surface area contributed by atoms with Gasteiger partial charge in [0.15, 0.2) is 0 Å². The number of rotatable bonds is 2. The molecule has 3 nitrogen and oxygen atoms in total. The van der Waals surface area contributed by atoms with E-state index < -0.39 is 10.0 Å². The molecule has 0 bridgehead atoms. The number of hydrogen-bond donors (Lipinski definition) is 0. The van der Waals surface area contributed by atoms with Crippen LogP contribution in [0, 0.1) is 12.8 Å². The summed E-state index contributed by atoms with van der Waals surface area (Å²) >= 11 is 0. The molecule has 3 rings (SSSR count). The lowest BCUT2D eigenvalue weighted by molar-refractivity contribution is 0.0919. The van der Waals surface area contributed by atoms with Gasteiger partial charge in [-0.05, 0) is 57.6 Å². The third kappa shape index (κ3) is 2.76. The number of nitrogens with zero attached hydrogens (tertiary/aromatic N) is 1. The monoisotopic (exact) mass is 307 g/mol. The van der Waals surface area contributed by atoms with Gasteiger partial charge in [-0.1, -0.05) is 30.5 Å². The van der Waals surface area contributed by atoms with Crippen molar-refractivity contribution < 1.29 is 8.42 Å². The summed E-state index contributed by atoms with van der Waals surface area (Å²) in [4.78, 5) is 0.450. The first-order valence-electron chi connectivity index (χ1n) is 8.10. The Kier molecular flexibility index (Phi) is 4.10. The first-order valence-corrected chi connectivity index (χ1v) is 9.54. The van der Waals surface area contributed by atoms with Crippen LogP contribution in [0.25, 0.3) is 0 Å². The summed E-state index contributed by atoms with van der Waals surface area (Å²) in [6.45, 7) is 4.05. The van der Waals surface area contributed by atoms with E-state index in [0.717, 1.165) is 24.8 Å². The van der Waals surface area contributed by atoms with E-state index in [2.05, 4.69) is 6.92 Å². The molecule has 21 heavy (non-hydrogen) atoms. The summed E-state index contributed by atoms with van der Waals surface area (Å²) in [5, 5.41) is 0. The van der Waals surface area contributed by atoms with Gasteiger partial charge in [0.2, 0.25) is 10.0 Å². The number of aryl methyl sites for hydroxylation is 1. The van der Waals surface area contributed by atoms with Crippen molar-refractivity contribution in [2.45, 2.75) is 69.4 Å². The normalized spacial score (nSPS) is 30.9. The minimum atomic E-state index is -3.37. The van der Waals surface area contributed by atoms with Crippen molar-refractivity contribution in [3.05, 3.63) is 29.8 Å². The van der Waals surface area contributed by atoms with Crippen LogP contribution in [-0.2, 0) is 10.0 Å². The Balaban J connectivity index is 1.96. The van der Waals surface area contributed by atoms with Gasteiger partial charge in [0, 0.05) is 12.1 Å². The van der Waals surface area contributed by atoms with Gasteiger partial charge in [-0.15, -0.1) is 0 Å². The molecule has 0 amide bonds. The maximum absolute atomic E-state index is 13.1. The fourth-order valence-corrected chi connectivity index (χ4v) is 5.95. The fourth-order valence-electron chi connectivity index (χ4n) is 4.02. The van der Waals surface area contributed by atoms with Gasteiger partial charge < -0.3 is 0 Å². The van der Waals surface area contributed by atoms with Gasteiger partial charge in [-0.3, -0.25) is 0 Å². The summed E-state index contributed by atoms with van der Waals surface area (Å²) in [7, 11) is -3.37. The maximum atomic E-state index is 13.1. The zero-order valence-electron chi connectivity index (χ0n) is 13.0. The van der Waals surface area contributed by atoms with Crippen molar-refractivity contribution in [1.29, 1.82) is 0 Å².